The number of nitrogens with zero attached hydrogens (tertiary/aromatic N) is 3. The molecule has 11 heteroatoms. The van der Waals surface area contributed by atoms with Crippen LogP contribution in [0, 0.1) is 6.92 Å². The van der Waals surface area contributed by atoms with Crippen LogP contribution in [0.1, 0.15) is 22.5 Å². The number of hydrogen-bond donors (Lipinski definition) is 0. The van der Waals surface area contributed by atoms with Crippen molar-refractivity contribution in [2.45, 2.75) is 30.6 Å². The third-order valence-corrected chi connectivity index (χ3v) is 6.88. The molecule has 0 saturated heterocycles. The number of halogens is 3. The molecule has 3 aromatic carbocycles. The smallest absolute Gasteiger partial charge is 0.416 e. The van der Waals surface area contributed by atoms with Gasteiger partial charge in [-0.25, -0.2) is 4.79 Å². The first-order valence-electron chi connectivity index (χ1n) is 11.8. The van der Waals surface area contributed by atoms with Crippen molar-refractivity contribution in [2.75, 3.05) is 7.11 Å². The predicted octanol–water partition coefficient (Wildman–Crippen LogP) is 6.58. The Balaban J connectivity index is 1.49. The molecule has 2 heterocycles. The maximum atomic E-state index is 13.5. The first-order chi connectivity index (χ1) is 18.7. The number of rotatable bonds is 8. The molecule has 0 radical (unpaired) electrons. The molecule has 0 aliphatic heterocycles. The van der Waals surface area contributed by atoms with Crippen LogP contribution in [-0.4, -0.2) is 21.9 Å². The Morgan fingerprint density at radius 2 is 1.74 bits per heavy atom. The highest BCUT2D eigenvalue weighted by Crippen LogP contribution is 2.33. The van der Waals surface area contributed by atoms with Crippen molar-refractivity contribution in [2.24, 2.45) is 0 Å². The van der Waals surface area contributed by atoms with Gasteiger partial charge < -0.3 is 13.9 Å². The van der Waals surface area contributed by atoms with E-state index >= 15 is 0 Å². The second-order valence-electron chi connectivity index (χ2n) is 8.63. The minimum absolute atomic E-state index is 0.0483. The Bertz CT molecular complexity index is 1680. The van der Waals surface area contributed by atoms with Crippen molar-refractivity contribution in [3.63, 3.8) is 0 Å². The largest absolute Gasteiger partial charge is 0.497 e. The van der Waals surface area contributed by atoms with Gasteiger partial charge in [-0.3, -0.25) is 4.57 Å². The van der Waals surface area contributed by atoms with Gasteiger partial charge >= 0.3 is 11.8 Å². The third kappa shape index (κ3) is 5.93. The predicted molar refractivity (Wildman–Crippen MR) is 140 cm³/mol. The van der Waals surface area contributed by atoms with Crippen LogP contribution >= 0.6 is 11.8 Å². The van der Waals surface area contributed by atoms with E-state index < -0.39 is 17.4 Å². The number of aromatic nitrogens is 3. The normalized spacial score (nSPS) is 11.6. The van der Waals surface area contributed by atoms with E-state index in [4.69, 9.17) is 13.9 Å². The Labute approximate surface area is 225 Å². The lowest BCUT2D eigenvalue weighted by Gasteiger charge is -2.14. The highest BCUT2D eigenvalue weighted by Gasteiger charge is 2.31. The lowest BCUT2D eigenvalue weighted by molar-refractivity contribution is -0.137. The molecule has 200 valence electrons. The molecular formula is C28H22F3N3O4S. The molecule has 0 fully saturated rings. The van der Waals surface area contributed by atoms with Crippen LogP contribution in [0.15, 0.2) is 87.2 Å². The summed E-state index contributed by atoms with van der Waals surface area (Å²) in [5, 5.41) is 9.58. The van der Waals surface area contributed by atoms with Crippen molar-refractivity contribution in [1.29, 1.82) is 0 Å². The summed E-state index contributed by atoms with van der Waals surface area (Å²) in [6.07, 6.45) is -4.52. The molecule has 0 bridgehead atoms. The summed E-state index contributed by atoms with van der Waals surface area (Å²) >= 11 is 1.24. The minimum atomic E-state index is -4.52. The van der Waals surface area contributed by atoms with E-state index in [0.29, 0.717) is 39.4 Å². The number of thioether (sulfide) groups is 1. The number of hydrogen-bond acceptors (Lipinski definition) is 7. The van der Waals surface area contributed by atoms with Crippen LogP contribution in [0.3, 0.4) is 0 Å². The van der Waals surface area contributed by atoms with E-state index in [1.807, 2.05) is 19.1 Å². The first kappa shape index (κ1) is 26.4. The van der Waals surface area contributed by atoms with Gasteiger partial charge in [-0.2, -0.15) is 13.2 Å². The van der Waals surface area contributed by atoms with Gasteiger partial charge in [-0.05, 0) is 66.6 Å². The Morgan fingerprint density at radius 3 is 2.49 bits per heavy atom. The van der Waals surface area contributed by atoms with E-state index in [2.05, 4.69) is 10.2 Å². The third-order valence-electron chi connectivity index (χ3n) is 5.90. The molecule has 0 aliphatic carbocycles. The summed E-state index contributed by atoms with van der Waals surface area (Å²) in [6.45, 7) is 1.85. The quantitative estimate of drug-likeness (QED) is 0.159. The fourth-order valence-electron chi connectivity index (χ4n) is 3.99. The van der Waals surface area contributed by atoms with Crippen LogP contribution in [-0.2, 0) is 18.5 Å². The number of ether oxygens (including phenoxy) is 2. The molecule has 0 aliphatic rings. The summed E-state index contributed by atoms with van der Waals surface area (Å²) in [6, 6.07) is 18.8. The first-order valence-corrected chi connectivity index (χ1v) is 12.7. The van der Waals surface area contributed by atoms with Crippen LogP contribution < -0.4 is 15.1 Å². The van der Waals surface area contributed by atoms with Crippen molar-refractivity contribution in [3.05, 3.63) is 106 Å². The molecule has 5 aromatic rings. The topological polar surface area (TPSA) is 79.4 Å². The Hall–Kier alpha value is -4.25. The zero-order chi connectivity index (χ0) is 27.6. The van der Waals surface area contributed by atoms with Crippen molar-refractivity contribution < 1.29 is 27.1 Å². The molecule has 0 amide bonds. The van der Waals surface area contributed by atoms with Crippen molar-refractivity contribution >= 4 is 22.7 Å². The molecule has 5 rings (SSSR count). The molecule has 39 heavy (non-hydrogen) atoms. The van der Waals surface area contributed by atoms with Crippen molar-refractivity contribution in [1.82, 2.24) is 14.8 Å². The maximum Gasteiger partial charge on any atom is 0.416 e. The van der Waals surface area contributed by atoms with E-state index in [0.717, 1.165) is 23.1 Å². The molecule has 0 atom stereocenters. The van der Waals surface area contributed by atoms with Gasteiger partial charge in [0.1, 0.15) is 23.7 Å². The van der Waals surface area contributed by atoms with E-state index in [1.165, 1.54) is 28.5 Å². The summed E-state index contributed by atoms with van der Waals surface area (Å²) < 4.78 is 58.4. The molecule has 0 N–H and O–H groups in total. The standard InChI is InChI=1S/C28H22F3N3O4S/c1-17-6-11-23-18(13-26(35)38-24(23)12-17)16-39-27-33-32-25(15-37-22-9-7-21(36-2)8-10-22)34(27)20-5-3-4-19(14-20)28(29,30)31/h3-14H,15-16H2,1-2H3. The van der Waals surface area contributed by atoms with Crippen LogP contribution in [0.2, 0.25) is 0 Å². The summed E-state index contributed by atoms with van der Waals surface area (Å²) in [4.78, 5) is 12.2. The van der Waals surface area contributed by atoms with E-state index in [-0.39, 0.29) is 12.3 Å². The number of fused-ring (bicyclic) bond motifs is 1. The van der Waals surface area contributed by atoms with E-state index in [9.17, 15) is 18.0 Å². The van der Waals surface area contributed by atoms with Gasteiger partial charge in [0.15, 0.2) is 11.0 Å². The number of benzene rings is 3. The second-order valence-corrected chi connectivity index (χ2v) is 9.57. The molecule has 2 aromatic heterocycles. The monoisotopic (exact) mass is 553 g/mol. The Kier molecular flexibility index (Phi) is 7.34. The second kappa shape index (κ2) is 10.9. The summed E-state index contributed by atoms with van der Waals surface area (Å²) in [7, 11) is 1.55. The zero-order valence-electron chi connectivity index (χ0n) is 20.9. The Morgan fingerprint density at radius 1 is 0.974 bits per heavy atom. The number of methoxy groups -OCH3 is 1. The average Bonchev–Trinajstić information content (AvgIpc) is 3.32. The van der Waals surface area contributed by atoms with Crippen molar-refractivity contribution in [3.8, 4) is 17.2 Å². The minimum Gasteiger partial charge on any atom is -0.497 e. The van der Waals surface area contributed by atoms with Crippen LogP contribution in [0.25, 0.3) is 16.7 Å². The summed E-state index contributed by atoms with van der Waals surface area (Å²) in [5.41, 5.74) is 1.07. The fourth-order valence-corrected chi connectivity index (χ4v) is 4.95. The summed E-state index contributed by atoms with van der Waals surface area (Å²) in [5.74, 6) is 1.80. The number of alkyl halides is 3. The molecular weight excluding hydrogens is 531 g/mol. The lowest BCUT2D eigenvalue weighted by atomic mass is 10.1. The average molecular weight is 554 g/mol. The molecule has 7 nitrogen and oxygen atoms in total. The van der Waals surface area contributed by atoms with Gasteiger partial charge in [-0.1, -0.05) is 30.0 Å². The van der Waals surface area contributed by atoms with Gasteiger partial charge in [0.05, 0.1) is 18.4 Å². The van der Waals surface area contributed by atoms with Gasteiger partial charge in [-0.15, -0.1) is 10.2 Å². The molecule has 0 saturated carbocycles. The van der Waals surface area contributed by atoms with Crippen LogP contribution in [0.5, 0.6) is 11.5 Å². The fraction of sp³-hybridized carbons (Fsp3) is 0.179. The van der Waals surface area contributed by atoms with E-state index in [1.54, 1.807) is 43.5 Å². The molecule has 0 spiro atoms. The highest BCUT2D eigenvalue weighted by atomic mass is 32.2. The SMILES string of the molecule is COc1ccc(OCc2nnc(SCc3cc(=O)oc4cc(C)ccc34)n2-c2cccc(C(F)(F)F)c2)cc1. The van der Waals surface area contributed by atoms with Gasteiger partial charge in [0.2, 0.25) is 0 Å². The molecule has 0 unspecified atom stereocenters. The van der Waals surface area contributed by atoms with Crippen LogP contribution in [0.4, 0.5) is 13.2 Å². The van der Waals surface area contributed by atoms with Gasteiger partial charge in [0, 0.05) is 17.2 Å². The highest BCUT2D eigenvalue weighted by molar-refractivity contribution is 7.98. The maximum absolute atomic E-state index is 13.5. The van der Waals surface area contributed by atoms with Gasteiger partial charge in [0.25, 0.3) is 0 Å². The zero-order valence-corrected chi connectivity index (χ0v) is 21.7. The number of aryl methyl sites for hydroxylation is 1. The lowest BCUT2D eigenvalue weighted by Crippen LogP contribution is -2.10.